The highest BCUT2D eigenvalue weighted by molar-refractivity contribution is 5.48. The van der Waals surface area contributed by atoms with Crippen LogP contribution in [0, 0.1) is 0 Å². The number of benzene rings is 1. The van der Waals surface area contributed by atoms with Crippen molar-refractivity contribution >= 4 is 5.69 Å². The molecule has 0 spiro atoms. The van der Waals surface area contributed by atoms with E-state index in [4.69, 9.17) is 5.73 Å². The van der Waals surface area contributed by atoms with Crippen LogP contribution in [0.15, 0.2) is 24.3 Å². The Labute approximate surface area is 61.1 Å². The molecule has 0 fully saturated rings. The lowest BCUT2D eigenvalue weighted by Gasteiger charge is -2.12. The molecule has 0 aromatic heterocycles. The first-order valence-corrected chi connectivity index (χ1v) is 3.25. The zero-order chi connectivity index (χ0) is 7.40. The second-order valence-corrected chi connectivity index (χ2v) is 2.09. The molecule has 1 aromatic rings. The number of nitrogens with zero attached hydrogens (tertiary/aromatic N) is 1. The summed E-state index contributed by atoms with van der Waals surface area (Å²) in [6.45, 7) is 0.601. The maximum absolute atomic E-state index is 5.41. The van der Waals surface area contributed by atoms with Crippen LogP contribution in [0.1, 0.15) is 5.56 Å². The fraction of sp³-hybridized carbons (Fsp3) is 0.250. The number of nitrogens with two attached hydrogens (primary N) is 1. The normalized spacial score (nSPS) is 9.40. The van der Waals surface area contributed by atoms with Crippen molar-refractivity contribution in [3.05, 3.63) is 35.1 Å². The average Bonchev–Trinajstić information content (AvgIpc) is 2.05. The fourth-order valence-electron chi connectivity index (χ4n) is 0.781. The molecule has 0 atom stereocenters. The van der Waals surface area contributed by atoms with Crippen molar-refractivity contribution in [2.75, 3.05) is 7.05 Å². The van der Waals surface area contributed by atoms with E-state index in [0.29, 0.717) is 6.54 Å². The molecule has 0 aliphatic carbocycles. The molecule has 2 N–H and O–H groups in total. The summed E-state index contributed by atoms with van der Waals surface area (Å²) in [6, 6.07) is 7.90. The summed E-state index contributed by atoms with van der Waals surface area (Å²) in [4.78, 5) is 0. The first kappa shape index (κ1) is 7.09. The van der Waals surface area contributed by atoms with Gasteiger partial charge in [0, 0.05) is 6.54 Å². The minimum atomic E-state index is 0.601. The molecule has 2 heteroatoms. The van der Waals surface area contributed by atoms with Crippen molar-refractivity contribution in [1.82, 2.24) is 0 Å². The van der Waals surface area contributed by atoms with Crippen LogP contribution in [0.2, 0.25) is 0 Å². The maximum Gasteiger partial charge on any atom is 0.0178 e. The topological polar surface area (TPSA) is 40.1 Å². The van der Waals surface area contributed by atoms with Gasteiger partial charge in [0.05, 0.1) is 0 Å². The predicted octanol–water partition coefficient (Wildman–Crippen LogP) is 1.78. The van der Waals surface area contributed by atoms with E-state index in [1.54, 1.807) is 7.05 Å². The van der Waals surface area contributed by atoms with Gasteiger partial charge in [-0.05, 0) is 5.56 Å². The SMILES string of the molecule is C[N-]c1ccc(CN)cc1. The molecule has 1 aromatic carbocycles. The van der Waals surface area contributed by atoms with Crippen LogP contribution in [0.5, 0.6) is 0 Å². The lowest BCUT2D eigenvalue weighted by Crippen LogP contribution is -1.94. The molecule has 0 aliphatic rings. The molecular weight excluding hydrogens is 124 g/mol. The fourth-order valence-corrected chi connectivity index (χ4v) is 0.781. The molecule has 0 saturated carbocycles. The number of hydrogen-bond donors (Lipinski definition) is 1. The van der Waals surface area contributed by atoms with Crippen molar-refractivity contribution in [1.29, 1.82) is 0 Å². The molecule has 10 heavy (non-hydrogen) atoms. The van der Waals surface area contributed by atoms with Gasteiger partial charge >= 0.3 is 0 Å². The van der Waals surface area contributed by atoms with Gasteiger partial charge in [-0.15, -0.1) is 12.7 Å². The summed E-state index contributed by atoms with van der Waals surface area (Å²) in [5, 5.41) is 4.01. The Morgan fingerprint density at radius 2 is 1.90 bits per heavy atom. The highest BCUT2D eigenvalue weighted by atomic mass is 14.8. The van der Waals surface area contributed by atoms with E-state index in [2.05, 4.69) is 5.32 Å². The van der Waals surface area contributed by atoms with Gasteiger partial charge in [-0.25, -0.2) is 0 Å². The van der Waals surface area contributed by atoms with E-state index in [9.17, 15) is 0 Å². The molecule has 0 saturated heterocycles. The second kappa shape index (κ2) is 3.22. The van der Waals surface area contributed by atoms with Crippen LogP contribution in [-0.2, 0) is 6.54 Å². The van der Waals surface area contributed by atoms with E-state index in [0.717, 1.165) is 11.3 Å². The Hall–Kier alpha value is -1.02. The molecule has 54 valence electrons. The molecule has 0 bridgehead atoms. The maximum atomic E-state index is 5.41. The van der Waals surface area contributed by atoms with Gasteiger partial charge in [0.2, 0.25) is 0 Å². The Morgan fingerprint density at radius 1 is 1.30 bits per heavy atom. The van der Waals surface area contributed by atoms with Crippen molar-refractivity contribution in [2.24, 2.45) is 5.73 Å². The highest BCUT2D eigenvalue weighted by Crippen LogP contribution is 2.15. The molecular formula is C8H11N2-. The first-order valence-electron chi connectivity index (χ1n) is 3.25. The van der Waals surface area contributed by atoms with Crippen molar-refractivity contribution in [2.45, 2.75) is 6.54 Å². The first-order chi connectivity index (χ1) is 4.86. The third kappa shape index (κ3) is 1.48. The Kier molecular flexibility index (Phi) is 2.29. The Bertz CT molecular complexity index is 168. The molecule has 2 nitrogen and oxygen atoms in total. The smallest absolute Gasteiger partial charge is 0.0178 e. The Balaban J connectivity index is 2.80. The van der Waals surface area contributed by atoms with E-state index in [1.165, 1.54) is 0 Å². The largest absolute Gasteiger partial charge is 0.687 e. The van der Waals surface area contributed by atoms with Crippen LogP contribution < -0.4 is 5.73 Å². The summed E-state index contributed by atoms with van der Waals surface area (Å²) in [6.07, 6.45) is 0. The van der Waals surface area contributed by atoms with Gasteiger partial charge in [-0.3, -0.25) is 0 Å². The van der Waals surface area contributed by atoms with Gasteiger partial charge < -0.3 is 11.1 Å². The van der Waals surface area contributed by atoms with E-state index < -0.39 is 0 Å². The molecule has 0 heterocycles. The number of rotatable bonds is 2. The third-order valence-electron chi connectivity index (χ3n) is 1.43. The highest BCUT2D eigenvalue weighted by Gasteiger charge is 1.83. The van der Waals surface area contributed by atoms with Gasteiger partial charge in [0.15, 0.2) is 0 Å². The predicted molar refractivity (Wildman–Crippen MR) is 43.3 cm³/mol. The summed E-state index contributed by atoms with van der Waals surface area (Å²) in [7, 11) is 1.78. The van der Waals surface area contributed by atoms with Crippen LogP contribution in [0.3, 0.4) is 0 Å². The van der Waals surface area contributed by atoms with Crippen molar-refractivity contribution < 1.29 is 0 Å². The molecule has 0 unspecified atom stereocenters. The van der Waals surface area contributed by atoms with Gasteiger partial charge in [-0.1, -0.05) is 24.3 Å². The third-order valence-corrected chi connectivity index (χ3v) is 1.43. The molecule has 0 radical (unpaired) electrons. The standard InChI is InChI=1S/C8H11N2/c1-10-8-4-2-7(6-9)3-5-8/h2-5H,6,9H2,1H3/q-1. The molecule has 1 rings (SSSR count). The van der Waals surface area contributed by atoms with Crippen molar-refractivity contribution in [3.63, 3.8) is 0 Å². The van der Waals surface area contributed by atoms with E-state index in [-0.39, 0.29) is 0 Å². The van der Waals surface area contributed by atoms with Gasteiger partial charge in [0.25, 0.3) is 0 Å². The molecule has 0 amide bonds. The van der Waals surface area contributed by atoms with Gasteiger partial charge in [0.1, 0.15) is 0 Å². The summed E-state index contributed by atoms with van der Waals surface area (Å²) in [5.41, 5.74) is 7.55. The summed E-state index contributed by atoms with van der Waals surface area (Å²) >= 11 is 0. The zero-order valence-corrected chi connectivity index (χ0v) is 6.04. The average molecular weight is 135 g/mol. The van der Waals surface area contributed by atoms with Crippen molar-refractivity contribution in [3.8, 4) is 0 Å². The number of hydrogen-bond acceptors (Lipinski definition) is 1. The minimum absolute atomic E-state index is 0.601. The zero-order valence-electron chi connectivity index (χ0n) is 6.04. The minimum Gasteiger partial charge on any atom is -0.687 e. The van der Waals surface area contributed by atoms with E-state index in [1.807, 2.05) is 24.3 Å². The second-order valence-electron chi connectivity index (χ2n) is 2.09. The lowest BCUT2D eigenvalue weighted by molar-refractivity contribution is 1.07. The Morgan fingerprint density at radius 3 is 2.30 bits per heavy atom. The van der Waals surface area contributed by atoms with Crippen LogP contribution in [0.25, 0.3) is 5.32 Å². The van der Waals surface area contributed by atoms with Crippen LogP contribution >= 0.6 is 0 Å². The quantitative estimate of drug-likeness (QED) is 0.659. The van der Waals surface area contributed by atoms with Crippen LogP contribution in [0.4, 0.5) is 5.69 Å². The monoisotopic (exact) mass is 135 g/mol. The van der Waals surface area contributed by atoms with Gasteiger partial charge in [-0.2, -0.15) is 0 Å². The van der Waals surface area contributed by atoms with Crippen LogP contribution in [-0.4, -0.2) is 7.05 Å². The summed E-state index contributed by atoms with van der Waals surface area (Å²) < 4.78 is 0. The lowest BCUT2D eigenvalue weighted by atomic mass is 10.2. The van der Waals surface area contributed by atoms with E-state index >= 15 is 0 Å². The summed E-state index contributed by atoms with van der Waals surface area (Å²) in [5.74, 6) is 0. The molecule has 0 aliphatic heterocycles.